The SMILES string of the molecule is C=C(CC)CN1CCCC(CNCC(=O)O)C1. The molecule has 1 aliphatic rings. The highest BCUT2D eigenvalue weighted by Gasteiger charge is 2.19. The van der Waals surface area contributed by atoms with Gasteiger partial charge in [0.05, 0.1) is 6.54 Å². The van der Waals surface area contributed by atoms with Gasteiger partial charge < -0.3 is 10.4 Å². The van der Waals surface area contributed by atoms with Crippen molar-refractivity contribution in [3.05, 3.63) is 12.2 Å². The van der Waals surface area contributed by atoms with E-state index in [9.17, 15) is 4.79 Å². The molecule has 0 saturated carbocycles. The smallest absolute Gasteiger partial charge is 0.317 e. The zero-order valence-electron chi connectivity index (χ0n) is 10.7. The number of rotatable bonds is 7. The van der Waals surface area contributed by atoms with Crippen molar-refractivity contribution in [1.29, 1.82) is 0 Å². The lowest BCUT2D eigenvalue weighted by Gasteiger charge is -2.33. The summed E-state index contributed by atoms with van der Waals surface area (Å²) in [5.74, 6) is -0.204. The van der Waals surface area contributed by atoms with Crippen LogP contribution in [0, 0.1) is 5.92 Å². The van der Waals surface area contributed by atoms with Crippen LogP contribution in [0.3, 0.4) is 0 Å². The van der Waals surface area contributed by atoms with Crippen LogP contribution in [0.4, 0.5) is 0 Å². The van der Waals surface area contributed by atoms with Gasteiger partial charge in [-0.15, -0.1) is 0 Å². The maximum absolute atomic E-state index is 10.4. The maximum Gasteiger partial charge on any atom is 0.317 e. The fourth-order valence-electron chi connectivity index (χ4n) is 2.27. The van der Waals surface area contributed by atoms with Gasteiger partial charge in [0.25, 0.3) is 0 Å². The third-order valence-electron chi connectivity index (χ3n) is 3.26. The molecule has 0 aromatic heterocycles. The van der Waals surface area contributed by atoms with Crippen molar-refractivity contribution < 1.29 is 9.90 Å². The lowest BCUT2D eigenvalue weighted by molar-refractivity contribution is -0.136. The number of carbonyl (C=O) groups is 1. The van der Waals surface area contributed by atoms with Gasteiger partial charge >= 0.3 is 5.97 Å². The largest absolute Gasteiger partial charge is 0.480 e. The molecule has 1 unspecified atom stereocenters. The topological polar surface area (TPSA) is 52.6 Å². The van der Waals surface area contributed by atoms with Crippen LogP contribution in [0.25, 0.3) is 0 Å². The number of hydrogen-bond acceptors (Lipinski definition) is 3. The Morgan fingerprint density at radius 3 is 3.00 bits per heavy atom. The molecule has 0 amide bonds. The third kappa shape index (κ3) is 5.84. The van der Waals surface area contributed by atoms with Gasteiger partial charge in [0.2, 0.25) is 0 Å². The van der Waals surface area contributed by atoms with Crippen LogP contribution < -0.4 is 5.32 Å². The Kier molecular flexibility index (Phi) is 6.22. The molecule has 0 aromatic rings. The molecule has 2 N–H and O–H groups in total. The molecule has 4 heteroatoms. The predicted molar refractivity (Wildman–Crippen MR) is 69.1 cm³/mol. The molecule has 98 valence electrons. The monoisotopic (exact) mass is 240 g/mol. The number of carboxylic acid groups (broad SMARTS) is 1. The minimum Gasteiger partial charge on any atom is -0.480 e. The number of carboxylic acids is 1. The zero-order chi connectivity index (χ0) is 12.7. The summed E-state index contributed by atoms with van der Waals surface area (Å²) < 4.78 is 0. The lowest BCUT2D eigenvalue weighted by atomic mass is 9.97. The molecule has 0 aliphatic carbocycles. The number of likely N-dealkylation sites (tertiary alicyclic amines) is 1. The summed E-state index contributed by atoms with van der Waals surface area (Å²) in [6, 6.07) is 0. The minimum absolute atomic E-state index is 0.0676. The fourth-order valence-corrected chi connectivity index (χ4v) is 2.27. The van der Waals surface area contributed by atoms with E-state index in [1.54, 1.807) is 0 Å². The van der Waals surface area contributed by atoms with Crippen LogP contribution in [0.5, 0.6) is 0 Å². The van der Waals surface area contributed by atoms with E-state index in [2.05, 4.69) is 23.7 Å². The second kappa shape index (κ2) is 7.45. The van der Waals surface area contributed by atoms with Crippen molar-refractivity contribution in [3.8, 4) is 0 Å². The number of piperidine rings is 1. The van der Waals surface area contributed by atoms with Crippen molar-refractivity contribution in [2.24, 2.45) is 5.92 Å². The second-order valence-electron chi connectivity index (χ2n) is 4.87. The van der Waals surface area contributed by atoms with Crippen molar-refractivity contribution in [3.63, 3.8) is 0 Å². The summed E-state index contributed by atoms with van der Waals surface area (Å²) in [5, 5.41) is 11.6. The fraction of sp³-hybridized carbons (Fsp3) is 0.769. The van der Waals surface area contributed by atoms with E-state index >= 15 is 0 Å². The maximum atomic E-state index is 10.4. The first-order chi connectivity index (χ1) is 8.11. The third-order valence-corrected chi connectivity index (χ3v) is 3.26. The lowest BCUT2D eigenvalue weighted by Crippen LogP contribution is -2.41. The molecule has 1 atom stereocenters. The van der Waals surface area contributed by atoms with E-state index in [0.717, 1.165) is 32.6 Å². The Labute approximate surface area is 104 Å². The highest BCUT2D eigenvalue weighted by atomic mass is 16.4. The Bertz CT molecular complexity index is 266. The van der Waals surface area contributed by atoms with Crippen molar-refractivity contribution in [2.75, 3.05) is 32.7 Å². The van der Waals surface area contributed by atoms with Gasteiger partial charge in [-0.1, -0.05) is 19.1 Å². The van der Waals surface area contributed by atoms with E-state index in [-0.39, 0.29) is 6.54 Å². The second-order valence-corrected chi connectivity index (χ2v) is 4.87. The van der Waals surface area contributed by atoms with Crippen LogP contribution in [0.2, 0.25) is 0 Å². The average molecular weight is 240 g/mol. The number of hydrogen-bond donors (Lipinski definition) is 2. The molecule has 0 radical (unpaired) electrons. The summed E-state index contributed by atoms with van der Waals surface area (Å²) in [4.78, 5) is 12.8. The first-order valence-electron chi connectivity index (χ1n) is 6.43. The number of nitrogens with one attached hydrogen (secondary N) is 1. The molecule has 17 heavy (non-hydrogen) atoms. The Morgan fingerprint density at radius 2 is 2.35 bits per heavy atom. The summed E-state index contributed by atoms with van der Waals surface area (Å²) in [6.45, 7) is 10.3. The first kappa shape index (κ1) is 14.2. The van der Waals surface area contributed by atoms with Crippen molar-refractivity contribution >= 4 is 5.97 Å². The number of nitrogens with zero attached hydrogens (tertiary/aromatic N) is 1. The van der Waals surface area contributed by atoms with Gasteiger partial charge in [-0.3, -0.25) is 9.69 Å². The zero-order valence-corrected chi connectivity index (χ0v) is 10.7. The Morgan fingerprint density at radius 1 is 1.59 bits per heavy atom. The van der Waals surface area contributed by atoms with Gasteiger partial charge in [-0.25, -0.2) is 0 Å². The first-order valence-corrected chi connectivity index (χ1v) is 6.43. The summed E-state index contributed by atoms with van der Waals surface area (Å²) in [7, 11) is 0. The molecule has 0 spiro atoms. The Balaban J connectivity index is 2.23. The summed E-state index contributed by atoms with van der Waals surface area (Å²) in [6.07, 6.45) is 3.44. The van der Waals surface area contributed by atoms with Gasteiger partial charge in [0.15, 0.2) is 0 Å². The van der Waals surface area contributed by atoms with Crippen LogP contribution in [-0.4, -0.2) is 48.7 Å². The molecular formula is C13H24N2O2. The molecule has 1 saturated heterocycles. The molecule has 1 aliphatic heterocycles. The van der Waals surface area contributed by atoms with Crippen LogP contribution in [0.15, 0.2) is 12.2 Å². The molecule has 1 fully saturated rings. The predicted octanol–water partition coefficient (Wildman–Crippen LogP) is 1.34. The van der Waals surface area contributed by atoms with E-state index in [0.29, 0.717) is 5.92 Å². The molecule has 1 heterocycles. The van der Waals surface area contributed by atoms with Crippen LogP contribution in [-0.2, 0) is 4.79 Å². The molecule has 4 nitrogen and oxygen atoms in total. The molecule has 1 rings (SSSR count). The van der Waals surface area contributed by atoms with Gasteiger partial charge in [0.1, 0.15) is 0 Å². The van der Waals surface area contributed by atoms with E-state index < -0.39 is 5.97 Å². The van der Waals surface area contributed by atoms with E-state index in [1.807, 2.05) is 0 Å². The van der Waals surface area contributed by atoms with Gasteiger partial charge in [-0.05, 0) is 38.3 Å². The van der Waals surface area contributed by atoms with Crippen molar-refractivity contribution in [2.45, 2.75) is 26.2 Å². The molecular weight excluding hydrogens is 216 g/mol. The van der Waals surface area contributed by atoms with E-state index in [1.165, 1.54) is 18.4 Å². The van der Waals surface area contributed by atoms with Crippen LogP contribution >= 0.6 is 0 Å². The van der Waals surface area contributed by atoms with Crippen LogP contribution in [0.1, 0.15) is 26.2 Å². The Hall–Kier alpha value is -0.870. The normalized spacial score (nSPS) is 21.4. The standard InChI is InChI=1S/C13H24N2O2/c1-3-11(2)9-15-6-4-5-12(10-15)7-14-8-13(16)17/h12,14H,2-10H2,1H3,(H,16,17). The van der Waals surface area contributed by atoms with Gasteiger partial charge in [-0.2, -0.15) is 0 Å². The van der Waals surface area contributed by atoms with Crippen molar-refractivity contribution in [1.82, 2.24) is 10.2 Å². The quantitative estimate of drug-likeness (QED) is 0.659. The summed E-state index contributed by atoms with van der Waals surface area (Å²) in [5.41, 5.74) is 1.28. The highest BCUT2D eigenvalue weighted by molar-refractivity contribution is 5.68. The summed E-state index contributed by atoms with van der Waals surface area (Å²) >= 11 is 0. The molecule has 0 bridgehead atoms. The van der Waals surface area contributed by atoms with E-state index in [4.69, 9.17) is 5.11 Å². The minimum atomic E-state index is -0.781. The average Bonchev–Trinajstić information content (AvgIpc) is 2.29. The highest BCUT2D eigenvalue weighted by Crippen LogP contribution is 2.17. The molecule has 0 aromatic carbocycles. The van der Waals surface area contributed by atoms with Gasteiger partial charge in [0, 0.05) is 13.1 Å². The number of aliphatic carboxylic acids is 1.